The van der Waals surface area contributed by atoms with Crippen molar-refractivity contribution < 1.29 is 14.3 Å². The van der Waals surface area contributed by atoms with Crippen LogP contribution in [0.5, 0.6) is 5.75 Å². The van der Waals surface area contributed by atoms with Gasteiger partial charge in [0.15, 0.2) is 0 Å². The molecule has 0 N–H and O–H groups in total. The molecule has 0 unspecified atom stereocenters. The highest BCUT2D eigenvalue weighted by Crippen LogP contribution is 2.11. The van der Waals surface area contributed by atoms with Gasteiger partial charge in [-0.3, -0.25) is 0 Å². The molecule has 0 spiro atoms. The molecular formula is C12H16O3. The minimum atomic E-state index is 0.458. The summed E-state index contributed by atoms with van der Waals surface area (Å²) < 4.78 is 10.6. The zero-order valence-corrected chi connectivity index (χ0v) is 8.94. The quantitative estimate of drug-likeness (QED) is 0.506. The zero-order valence-electron chi connectivity index (χ0n) is 8.94. The second kappa shape index (κ2) is 7.01. The summed E-state index contributed by atoms with van der Waals surface area (Å²) in [5, 5.41) is 0. The van der Waals surface area contributed by atoms with Crippen LogP contribution in [-0.4, -0.2) is 26.1 Å². The summed E-state index contributed by atoms with van der Waals surface area (Å²) in [7, 11) is 0. The summed E-state index contributed by atoms with van der Waals surface area (Å²) in [5.41, 5.74) is 1.00. The molecule has 0 aromatic heterocycles. The van der Waals surface area contributed by atoms with Crippen LogP contribution in [0, 0.1) is 0 Å². The van der Waals surface area contributed by atoms with E-state index < -0.39 is 0 Å². The van der Waals surface area contributed by atoms with Gasteiger partial charge in [0.1, 0.15) is 18.6 Å². The number of carbonyl (C=O) groups excluding carboxylic acids is 1. The predicted octanol–water partition coefficient (Wildman–Crippen LogP) is 1.84. The van der Waals surface area contributed by atoms with Gasteiger partial charge in [-0.2, -0.15) is 0 Å². The van der Waals surface area contributed by atoms with E-state index in [4.69, 9.17) is 9.47 Å². The third-order valence-electron chi connectivity index (χ3n) is 1.94. The minimum absolute atomic E-state index is 0.458. The van der Waals surface area contributed by atoms with Gasteiger partial charge in [0.2, 0.25) is 0 Å². The summed E-state index contributed by atoms with van der Waals surface area (Å²) in [6.45, 7) is 3.82. The molecule has 0 saturated carbocycles. The van der Waals surface area contributed by atoms with Gasteiger partial charge >= 0.3 is 0 Å². The minimum Gasteiger partial charge on any atom is -0.491 e. The average Bonchev–Trinajstić information content (AvgIpc) is 2.27. The third kappa shape index (κ3) is 4.61. The van der Waals surface area contributed by atoms with Crippen LogP contribution in [-0.2, 0) is 16.0 Å². The molecule has 1 rings (SSSR count). The molecule has 0 bridgehead atoms. The molecule has 0 amide bonds. The number of carbonyl (C=O) groups is 1. The molecule has 82 valence electrons. The SMILES string of the molecule is CCOCCOc1ccc(CC=O)cc1. The smallest absolute Gasteiger partial charge is 0.124 e. The Morgan fingerprint density at radius 2 is 1.93 bits per heavy atom. The number of benzene rings is 1. The lowest BCUT2D eigenvalue weighted by atomic mass is 10.2. The van der Waals surface area contributed by atoms with Crippen LogP contribution in [0.25, 0.3) is 0 Å². The molecular weight excluding hydrogens is 192 g/mol. The van der Waals surface area contributed by atoms with Crippen molar-refractivity contribution in [2.24, 2.45) is 0 Å². The maximum Gasteiger partial charge on any atom is 0.124 e. The molecule has 0 fully saturated rings. The van der Waals surface area contributed by atoms with Gasteiger partial charge < -0.3 is 14.3 Å². The maximum absolute atomic E-state index is 10.3. The Hall–Kier alpha value is -1.35. The Morgan fingerprint density at radius 3 is 2.53 bits per heavy atom. The summed E-state index contributed by atoms with van der Waals surface area (Å²) in [6.07, 6.45) is 1.35. The van der Waals surface area contributed by atoms with Gasteiger partial charge in [0.25, 0.3) is 0 Å². The Kier molecular flexibility index (Phi) is 5.48. The van der Waals surface area contributed by atoms with E-state index in [2.05, 4.69) is 0 Å². The summed E-state index contributed by atoms with van der Waals surface area (Å²) in [5.74, 6) is 0.810. The van der Waals surface area contributed by atoms with Gasteiger partial charge in [0.05, 0.1) is 6.61 Å². The molecule has 15 heavy (non-hydrogen) atoms. The third-order valence-corrected chi connectivity index (χ3v) is 1.94. The zero-order chi connectivity index (χ0) is 10.9. The van der Waals surface area contributed by atoms with Crippen molar-refractivity contribution >= 4 is 6.29 Å². The van der Waals surface area contributed by atoms with Crippen LogP contribution in [0.1, 0.15) is 12.5 Å². The number of hydrogen-bond donors (Lipinski definition) is 0. The topological polar surface area (TPSA) is 35.5 Å². The summed E-state index contributed by atoms with van der Waals surface area (Å²) >= 11 is 0. The van der Waals surface area contributed by atoms with E-state index in [1.165, 1.54) is 0 Å². The fraction of sp³-hybridized carbons (Fsp3) is 0.417. The fourth-order valence-corrected chi connectivity index (χ4v) is 1.18. The van der Waals surface area contributed by atoms with Gasteiger partial charge in [-0.05, 0) is 24.6 Å². The number of ether oxygens (including phenoxy) is 2. The van der Waals surface area contributed by atoms with Crippen molar-refractivity contribution in [3.8, 4) is 5.75 Å². The lowest BCUT2D eigenvalue weighted by molar-refractivity contribution is -0.107. The van der Waals surface area contributed by atoms with Gasteiger partial charge in [-0.15, -0.1) is 0 Å². The predicted molar refractivity (Wildman–Crippen MR) is 58.2 cm³/mol. The summed E-state index contributed by atoms with van der Waals surface area (Å²) in [6, 6.07) is 7.52. The van der Waals surface area contributed by atoms with Crippen LogP contribution < -0.4 is 4.74 Å². The molecule has 0 aliphatic rings. The largest absolute Gasteiger partial charge is 0.491 e. The van der Waals surface area contributed by atoms with Crippen LogP contribution in [0.4, 0.5) is 0 Å². The first-order valence-corrected chi connectivity index (χ1v) is 5.10. The second-order valence-electron chi connectivity index (χ2n) is 3.06. The van der Waals surface area contributed by atoms with Crippen molar-refractivity contribution in [2.45, 2.75) is 13.3 Å². The number of aldehydes is 1. The molecule has 3 heteroatoms. The van der Waals surface area contributed by atoms with E-state index >= 15 is 0 Å². The Morgan fingerprint density at radius 1 is 1.20 bits per heavy atom. The van der Waals surface area contributed by atoms with Crippen molar-refractivity contribution in [1.29, 1.82) is 0 Å². The van der Waals surface area contributed by atoms with E-state index in [9.17, 15) is 4.79 Å². The molecule has 0 heterocycles. The van der Waals surface area contributed by atoms with Crippen LogP contribution in [0.3, 0.4) is 0 Å². The Labute approximate surface area is 90.0 Å². The van der Waals surface area contributed by atoms with E-state index in [1.54, 1.807) is 0 Å². The van der Waals surface area contributed by atoms with Crippen molar-refractivity contribution in [3.63, 3.8) is 0 Å². The monoisotopic (exact) mass is 208 g/mol. The summed E-state index contributed by atoms with van der Waals surface area (Å²) in [4.78, 5) is 10.3. The first-order chi connectivity index (χ1) is 7.36. The molecule has 1 aromatic carbocycles. The second-order valence-corrected chi connectivity index (χ2v) is 3.06. The lowest BCUT2D eigenvalue weighted by Crippen LogP contribution is -2.06. The first kappa shape index (κ1) is 11.7. The van der Waals surface area contributed by atoms with E-state index in [-0.39, 0.29) is 0 Å². The molecule has 0 saturated heterocycles. The van der Waals surface area contributed by atoms with Crippen LogP contribution in [0.15, 0.2) is 24.3 Å². The number of hydrogen-bond acceptors (Lipinski definition) is 3. The van der Waals surface area contributed by atoms with E-state index in [0.717, 1.165) is 17.6 Å². The van der Waals surface area contributed by atoms with Gasteiger partial charge in [-0.1, -0.05) is 12.1 Å². The molecule has 0 atom stereocenters. The van der Waals surface area contributed by atoms with Crippen molar-refractivity contribution in [1.82, 2.24) is 0 Å². The average molecular weight is 208 g/mol. The maximum atomic E-state index is 10.3. The normalized spacial score (nSPS) is 9.93. The fourth-order valence-electron chi connectivity index (χ4n) is 1.18. The number of rotatable bonds is 7. The molecule has 3 nitrogen and oxygen atoms in total. The molecule has 0 radical (unpaired) electrons. The lowest BCUT2D eigenvalue weighted by Gasteiger charge is -2.06. The highest BCUT2D eigenvalue weighted by Gasteiger charge is 1.94. The Balaban J connectivity index is 2.32. The van der Waals surface area contributed by atoms with Crippen molar-refractivity contribution in [3.05, 3.63) is 29.8 Å². The highest BCUT2D eigenvalue weighted by atomic mass is 16.5. The van der Waals surface area contributed by atoms with E-state index in [0.29, 0.717) is 26.2 Å². The molecule has 0 aliphatic heterocycles. The van der Waals surface area contributed by atoms with E-state index in [1.807, 2.05) is 31.2 Å². The van der Waals surface area contributed by atoms with Gasteiger partial charge in [-0.25, -0.2) is 0 Å². The standard InChI is InChI=1S/C12H16O3/c1-2-14-9-10-15-12-5-3-11(4-6-12)7-8-13/h3-6,8H,2,7,9-10H2,1H3. The van der Waals surface area contributed by atoms with Crippen LogP contribution >= 0.6 is 0 Å². The van der Waals surface area contributed by atoms with Crippen LogP contribution in [0.2, 0.25) is 0 Å². The Bertz CT molecular complexity index is 279. The van der Waals surface area contributed by atoms with Gasteiger partial charge in [0, 0.05) is 13.0 Å². The molecule has 0 aliphatic carbocycles. The van der Waals surface area contributed by atoms with Crippen molar-refractivity contribution in [2.75, 3.05) is 19.8 Å². The molecule has 1 aromatic rings. The first-order valence-electron chi connectivity index (χ1n) is 5.10. The highest BCUT2D eigenvalue weighted by molar-refractivity contribution is 5.55.